The summed E-state index contributed by atoms with van der Waals surface area (Å²) in [6.07, 6.45) is 8.70. The molecule has 0 fully saturated rings. The summed E-state index contributed by atoms with van der Waals surface area (Å²) in [4.78, 5) is 0. The Balaban J connectivity index is 0.000000233. The first-order chi connectivity index (χ1) is 11.4. The van der Waals surface area contributed by atoms with Gasteiger partial charge in [-0.3, -0.25) is 0 Å². The molecule has 23 heavy (non-hydrogen) atoms. The number of hydrogen-bond acceptors (Lipinski definition) is 1. The van der Waals surface area contributed by atoms with Gasteiger partial charge in [-0.05, 0) is 70.2 Å². The molecule has 0 N–H and O–H groups in total. The molecule has 3 aromatic carbocycles. The van der Waals surface area contributed by atoms with Crippen molar-refractivity contribution in [1.82, 2.24) is 0 Å². The molecule has 0 amide bonds. The number of rotatable bonds is 0. The lowest BCUT2D eigenvalue weighted by Gasteiger charge is -2.18. The van der Waals surface area contributed by atoms with Gasteiger partial charge in [-0.15, -0.1) is 11.8 Å². The van der Waals surface area contributed by atoms with Crippen LogP contribution in [-0.2, 0) is 12.8 Å². The highest BCUT2D eigenvalue weighted by molar-refractivity contribution is 8.02. The molecule has 0 saturated heterocycles. The highest BCUT2D eigenvalue weighted by Crippen LogP contribution is 2.33. The predicted molar refractivity (Wildman–Crippen MR) is 104 cm³/mol. The zero-order valence-electron chi connectivity index (χ0n) is 13.4. The van der Waals surface area contributed by atoms with Gasteiger partial charge in [0.25, 0.3) is 0 Å². The van der Waals surface area contributed by atoms with Crippen LogP contribution in [0.25, 0.3) is 21.5 Å². The Morgan fingerprint density at radius 2 is 1.61 bits per heavy atom. The smallest absolute Gasteiger partial charge is 0.000884 e. The van der Waals surface area contributed by atoms with Crippen LogP contribution in [0, 0.1) is 0 Å². The van der Waals surface area contributed by atoms with Crippen molar-refractivity contribution in [3.8, 4) is 0 Å². The van der Waals surface area contributed by atoms with Gasteiger partial charge in [0.1, 0.15) is 0 Å². The van der Waals surface area contributed by atoms with Gasteiger partial charge >= 0.3 is 0 Å². The van der Waals surface area contributed by atoms with E-state index in [4.69, 9.17) is 0 Å². The van der Waals surface area contributed by atoms with Crippen LogP contribution in [0.3, 0.4) is 0 Å². The number of thioether (sulfide) groups is 1. The van der Waals surface area contributed by atoms with Crippen molar-refractivity contribution >= 4 is 33.3 Å². The fourth-order valence-corrected chi connectivity index (χ4v) is 4.36. The molecule has 2 aliphatic rings. The van der Waals surface area contributed by atoms with Gasteiger partial charge in [-0.1, -0.05) is 54.6 Å². The number of fused-ring (bicyclic) bond motifs is 5. The van der Waals surface area contributed by atoms with Crippen LogP contribution in [0.5, 0.6) is 0 Å². The van der Waals surface area contributed by atoms with Crippen LogP contribution in [0.15, 0.2) is 60.0 Å². The standard InChI is InChI=1S/C18H16.C4H6S/c1-3-7-15-13(5-1)9-11-18-16-8-4-2-6-14(16)10-12-17(15)18;1-2-4-5-3-1/h1,3,5,7,9-12H,2,4,6,8H2;1,3H,2,4H2. The third-order valence-corrected chi connectivity index (χ3v) is 5.71. The maximum Gasteiger partial charge on any atom is 0.000884 e. The van der Waals surface area contributed by atoms with Crippen LogP contribution < -0.4 is 0 Å². The van der Waals surface area contributed by atoms with Crippen molar-refractivity contribution in [1.29, 1.82) is 0 Å². The molecule has 0 spiro atoms. The van der Waals surface area contributed by atoms with E-state index in [1.807, 2.05) is 11.8 Å². The lowest BCUT2D eigenvalue weighted by molar-refractivity contribution is 0.690. The maximum absolute atomic E-state index is 2.35. The third kappa shape index (κ3) is 3.03. The molecule has 0 radical (unpaired) electrons. The SMILES string of the molecule is C1=CSCC1.c1ccc2c(c1)ccc1c3c(ccc12)CCCC3. The fourth-order valence-electron chi connectivity index (χ4n) is 3.68. The Morgan fingerprint density at radius 3 is 2.43 bits per heavy atom. The first-order valence-corrected chi connectivity index (χ1v) is 9.67. The molecule has 0 bridgehead atoms. The zero-order valence-corrected chi connectivity index (χ0v) is 14.2. The molecular weight excluding hydrogens is 296 g/mol. The van der Waals surface area contributed by atoms with Crippen LogP contribution >= 0.6 is 11.8 Å². The van der Waals surface area contributed by atoms with Gasteiger partial charge in [0.05, 0.1) is 0 Å². The first-order valence-electron chi connectivity index (χ1n) is 8.62. The Bertz CT molecular complexity index is 854. The minimum atomic E-state index is 1.25. The highest BCUT2D eigenvalue weighted by Gasteiger charge is 2.13. The number of benzene rings is 3. The van der Waals surface area contributed by atoms with Crippen LogP contribution in [0.1, 0.15) is 30.4 Å². The molecule has 1 heteroatoms. The van der Waals surface area contributed by atoms with E-state index in [9.17, 15) is 0 Å². The number of aryl methyl sites for hydroxylation is 2. The van der Waals surface area contributed by atoms with E-state index < -0.39 is 0 Å². The molecule has 0 saturated carbocycles. The van der Waals surface area contributed by atoms with E-state index in [2.05, 4.69) is 60.0 Å². The molecule has 0 aromatic heterocycles. The Labute approximate surface area is 142 Å². The van der Waals surface area contributed by atoms with Crippen molar-refractivity contribution in [2.75, 3.05) is 5.75 Å². The van der Waals surface area contributed by atoms with Gasteiger partial charge < -0.3 is 0 Å². The topological polar surface area (TPSA) is 0 Å². The fraction of sp³-hybridized carbons (Fsp3) is 0.273. The second-order valence-corrected chi connectivity index (χ2v) is 7.34. The van der Waals surface area contributed by atoms with Gasteiger partial charge in [-0.25, -0.2) is 0 Å². The summed E-state index contributed by atoms with van der Waals surface area (Å²) in [5.41, 5.74) is 3.17. The predicted octanol–water partition coefficient (Wildman–Crippen LogP) is 6.51. The second-order valence-electron chi connectivity index (χ2n) is 6.32. The molecule has 116 valence electrons. The molecule has 5 rings (SSSR count). The molecule has 0 nitrogen and oxygen atoms in total. The number of allylic oxidation sites excluding steroid dienone is 1. The average Bonchev–Trinajstić information content (AvgIpc) is 3.21. The summed E-state index contributed by atoms with van der Waals surface area (Å²) in [6, 6.07) is 18.0. The minimum Gasteiger partial charge on any atom is -0.134 e. The van der Waals surface area contributed by atoms with Crippen LogP contribution in [-0.4, -0.2) is 5.75 Å². The quantitative estimate of drug-likeness (QED) is 0.426. The molecule has 3 aromatic rings. The lowest BCUT2D eigenvalue weighted by Crippen LogP contribution is -2.02. The van der Waals surface area contributed by atoms with E-state index in [1.54, 1.807) is 11.1 Å². The lowest BCUT2D eigenvalue weighted by atomic mass is 9.86. The van der Waals surface area contributed by atoms with E-state index in [0.29, 0.717) is 0 Å². The first kappa shape index (κ1) is 14.8. The van der Waals surface area contributed by atoms with Gasteiger partial charge in [0.15, 0.2) is 0 Å². The monoisotopic (exact) mass is 318 g/mol. The van der Waals surface area contributed by atoms with E-state index in [0.717, 1.165) is 0 Å². The highest BCUT2D eigenvalue weighted by atomic mass is 32.2. The average molecular weight is 318 g/mol. The summed E-state index contributed by atoms with van der Waals surface area (Å²) >= 11 is 1.89. The molecule has 1 heterocycles. The van der Waals surface area contributed by atoms with Crippen molar-refractivity contribution in [3.05, 3.63) is 71.1 Å². The summed E-state index contributed by atoms with van der Waals surface area (Å²) in [5, 5.41) is 7.80. The van der Waals surface area contributed by atoms with Gasteiger partial charge in [0, 0.05) is 5.75 Å². The van der Waals surface area contributed by atoms with Gasteiger partial charge in [0.2, 0.25) is 0 Å². The normalized spacial score (nSPS) is 16.2. The molecule has 1 aliphatic heterocycles. The summed E-state index contributed by atoms with van der Waals surface area (Å²) in [7, 11) is 0. The van der Waals surface area contributed by atoms with Crippen LogP contribution in [0.4, 0.5) is 0 Å². The Kier molecular flexibility index (Phi) is 4.39. The van der Waals surface area contributed by atoms with E-state index in [1.165, 1.54) is 59.4 Å². The molecule has 0 atom stereocenters. The molecule has 0 unspecified atom stereocenters. The van der Waals surface area contributed by atoms with Gasteiger partial charge in [-0.2, -0.15) is 0 Å². The summed E-state index contributed by atoms with van der Waals surface area (Å²) in [6.45, 7) is 0. The molecular formula is C22H22S. The van der Waals surface area contributed by atoms with E-state index in [-0.39, 0.29) is 0 Å². The Morgan fingerprint density at radius 1 is 0.739 bits per heavy atom. The van der Waals surface area contributed by atoms with Crippen LogP contribution in [0.2, 0.25) is 0 Å². The number of hydrogen-bond donors (Lipinski definition) is 0. The third-order valence-electron chi connectivity index (χ3n) is 4.85. The minimum absolute atomic E-state index is 1.25. The van der Waals surface area contributed by atoms with Crippen molar-refractivity contribution in [2.24, 2.45) is 0 Å². The maximum atomic E-state index is 2.35. The van der Waals surface area contributed by atoms with E-state index >= 15 is 0 Å². The van der Waals surface area contributed by atoms with Crippen molar-refractivity contribution in [2.45, 2.75) is 32.1 Å². The summed E-state index contributed by atoms with van der Waals surface area (Å²) < 4.78 is 0. The van der Waals surface area contributed by atoms with Crippen molar-refractivity contribution in [3.63, 3.8) is 0 Å². The largest absolute Gasteiger partial charge is 0.134 e. The second kappa shape index (κ2) is 6.80. The van der Waals surface area contributed by atoms with Crippen molar-refractivity contribution < 1.29 is 0 Å². The summed E-state index contributed by atoms with van der Waals surface area (Å²) in [5.74, 6) is 1.31. The molecule has 1 aliphatic carbocycles. The zero-order chi connectivity index (χ0) is 15.5. The Hall–Kier alpha value is -1.73.